The maximum absolute atomic E-state index is 11.4. The Morgan fingerprint density at radius 1 is 0.632 bits per heavy atom. The molecule has 0 aromatic heterocycles. The molecule has 19 heavy (non-hydrogen) atoms. The summed E-state index contributed by atoms with van der Waals surface area (Å²) in [6, 6.07) is 16.8. The van der Waals surface area contributed by atoms with Crippen molar-refractivity contribution in [3.63, 3.8) is 0 Å². The lowest BCUT2D eigenvalue weighted by Crippen LogP contribution is -2.11. The average Bonchev–Trinajstić information content (AvgIpc) is 2.40. The summed E-state index contributed by atoms with van der Waals surface area (Å²) in [5.41, 5.74) is 0. The molecular formula is C12H10O5S2. The van der Waals surface area contributed by atoms with Gasteiger partial charge < -0.3 is 8.37 Å². The molecule has 0 aliphatic heterocycles. The molecular weight excluding hydrogens is 288 g/mol. The van der Waals surface area contributed by atoms with Crippen molar-refractivity contribution < 1.29 is 20.4 Å². The minimum absolute atomic E-state index is 0.345. The van der Waals surface area contributed by atoms with Crippen LogP contribution in [-0.2, 0) is 26.4 Å². The van der Waals surface area contributed by atoms with Gasteiger partial charge in [0.1, 0.15) is 11.5 Å². The molecule has 7 heteroatoms. The highest BCUT2D eigenvalue weighted by atomic mass is 32.3. The van der Waals surface area contributed by atoms with E-state index in [0.29, 0.717) is 11.5 Å². The highest BCUT2D eigenvalue weighted by molar-refractivity contribution is 7.89. The van der Waals surface area contributed by atoms with E-state index in [2.05, 4.69) is 3.63 Å². The van der Waals surface area contributed by atoms with E-state index in [0.717, 1.165) is 0 Å². The van der Waals surface area contributed by atoms with Crippen LogP contribution in [0.3, 0.4) is 0 Å². The van der Waals surface area contributed by atoms with E-state index in [-0.39, 0.29) is 0 Å². The Balaban J connectivity index is 1.84. The molecule has 0 aliphatic rings. The zero-order valence-electron chi connectivity index (χ0n) is 9.63. The summed E-state index contributed by atoms with van der Waals surface area (Å²) >= 11 is -4.40. The first-order valence-corrected chi connectivity index (χ1v) is 7.23. The molecule has 0 amide bonds. The molecule has 0 aliphatic carbocycles. The van der Waals surface area contributed by atoms with Gasteiger partial charge in [0.05, 0.1) is 0 Å². The molecule has 0 saturated heterocycles. The van der Waals surface area contributed by atoms with Gasteiger partial charge in [-0.15, -0.1) is 3.63 Å². The smallest absolute Gasteiger partial charge is 0.376 e. The molecule has 0 spiro atoms. The summed E-state index contributed by atoms with van der Waals surface area (Å²) in [7, 11) is 0. The van der Waals surface area contributed by atoms with Gasteiger partial charge in [-0.05, 0) is 24.3 Å². The van der Waals surface area contributed by atoms with Gasteiger partial charge in [-0.2, -0.15) is 8.42 Å². The van der Waals surface area contributed by atoms with Gasteiger partial charge in [-0.1, -0.05) is 36.4 Å². The molecule has 5 nitrogen and oxygen atoms in total. The largest absolute Gasteiger partial charge is 0.379 e. The molecule has 2 rings (SSSR count). The Hall–Kier alpha value is -1.70. The lowest BCUT2D eigenvalue weighted by atomic mass is 10.3. The van der Waals surface area contributed by atoms with Gasteiger partial charge in [0.15, 0.2) is 0 Å². The van der Waals surface area contributed by atoms with Crippen molar-refractivity contribution in [2.45, 2.75) is 0 Å². The van der Waals surface area contributed by atoms with Gasteiger partial charge in [-0.3, -0.25) is 0 Å². The first-order chi connectivity index (χ1) is 9.24. The fraction of sp³-hybridized carbons (Fsp3) is 0. The number of rotatable bonds is 6. The Morgan fingerprint density at radius 3 is 1.37 bits per heavy atom. The molecule has 0 N–H and O–H groups in total. The third-order valence-corrected chi connectivity index (χ3v) is 3.47. The van der Waals surface area contributed by atoms with Crippen LogP contribution in [0.4, 0.5) is 0 Å². The molecule has 0 bridgehead atoms. The van der Waals surface area contributed by atoms with Crippen molar-refractivity contribution >= 4 is 22.7 Å². The standard InChI is InChI=1S/C12H10O5S2/c13-18(15-11-7-3-1-4-8-11)17-19(14)16-12-9-5-2-6-10-12/h1-10H. The fourth-order valence-corrected chi connectivity index (χ4v) is 2.30. The van der Waals surface area contributed by atoms with Crippen molar-refractivity contribution in [3.8, 4) is 11.5 Å². The van der Waals surface area contributed by atoms with Crippen LogP contribution in [0.15, 0.2) is 60.7 Å². The monoisotopic (exact) mass is 298 g/mol. The second kappa shape index (κ2) is 7.03. The summed E-state index contributed by atoms with van der Waals surface area (Å²) in [6.07, 6.45) is 0. The summed E-state index contributed by atoms with van der Waals surface area (Å²) in [5, 5.41) is 0. The van der Waals surface area contributed by atoms with Gasteiger partial charge in [0.2, 0.25) is 0 Å². The fourth-order valence-electron chi connectivity index (χ4n) is 1.18. The van der Waals surface area contributed by atoms with Crippen molar-refractivity contribution in [2.75, 3.05) is 0 Å². The molecule has 0 unspecified atom stereocenters. The van der Waals surface area contributed by atoms with Crippen molar-refractivity contribution in [1.29, 1.82) is 0 Å². The molecule has 100 valence electrons. The number of para-hydroxylation sites is 2. The van der Waals surface area contributed by atoms with Crippen LogP contribution in [0.25, 0.3) is 0 Å². The van der Waals surface area contributed by atoms with Crippen LogP contribution in [-0.4, -0.2) is 8.42 Å². The van der Waals surface area contributed by atoms with Crippen LogP contribution < -0.4 is 8.37 Å². The summed E-state index contributed by atoms with van der Waals surface area (Å²) in [5.74, 6) is 0.690. The highest BCUT2D eigenvalue weighted by Crippen LogP contribution is 2.13. The lowest BCUT2D eigenvalue weighted by molar-refractivity contribution is 0.433. The predicted molar refractivity (Wildman–Crippen MR) is 71.5 cm³/mol. The van der Waals surface area contributed by atoms with Crippen molar-refractivity contribution in [2.24, 2.45) is 0 Å². The molecule has 0 atom stereocenters. The third-order valence-electron chi connectivity index (χ3n) is 1.93. The lowest BCUT2D eigenvalue weighted by Gasteiger charge is -2.04. The number of benzene rings is 2. The quantitative estimate of drug-likeness (QED) is 0.819. The van der Waals surface area contributed by atoms with E-state index >= 15 is 0 Å². The second-order valence-electron chi connectivity index (χ2n) is 3.27. The first kappa shape index (κ1) is 13.7. The number of hydrogen-bond acceptors (Lipinski definition) is 5. The van der Waals surface area contributed by atoms with E-state index in [4.69, 9.17) is 8.37 Å². The Morgan fingerprint density at radius 2 is 1.00 bits per heavy atom. The minimum Gasteiger partial charge on any atom is -0.379 e. The van der Waals surface area contributed by atoms with E-state index < -0.39 is 22.7 Å². The maximum Gasteiger partial charge on any atom is 0.376 e. The van der Waals surface area contributed by atoms with Crippen LogP contribution in [0.2, 0.25) is 0 Å². The van der Waals surface area contributed by atoms with Crippen molar-refractivity contribution in [1.82, 2.24) is 0 Å². The van der Waals surface area contributed by atoms with Crippen LogP contribution >= 0.6 is 0 Å². The van der Waals surface area contributed by atoms with Crippen LogP contribution in [0, 0.1) is 0 Å². The predicted octanol–water partition coefficient (Wildman–Crippen LogP) is 2.32. The molecule has 2 aromatic rings. The average molecular weight is 298 g/mol. The summed E-state index contributed by atoms with van der Waals surface area (Å²) < 4.78 is 37.2. The summed E-state index contributed by atoms with van der Waals surface area (Å²) in [4.78, 5) is 0. The van der Waals surface area contributed by atoms with E-state index in [1.54, 1.807) is 60.7 Å². The van der Waals surface area contributed by atoms with Gasteiger partial charge in [0.25, 0.3) is 0 Å². The minimum atomic E-state index is -2.20. The Labute approximate surface area is 115 Å². The third kappa shape index (κ3) is 4.82. The van der Waals surface area contributed by atoms with Gasteiger partial charge in [0, 0.05) is 0 Å². The molecule has 0 saturated carbocycles. The molecule has 0 heterocycles. The zero-order chi connectivity index (χ0) is 13.5. The topological polar surface area (TPSA) is 61.8 Å². The molecule has 0 fully saturated rings. The molecule has 0 radical (unpaired) electrons. The van der Waals surface area contributed by atoms with Gasteiger partial charge in [-0.25, -0.2) is 0 Å². The zero-order valence-corrected chi connectivity index (χ0v) is 11.3. The summed E-state index contributed by atoms with van der Waals surface area (Å²) in [6.45, 7) is 0. The van der Waals surface area contributed by atoms with Gasteiger partial charge >= 0.3 is 22.7 Å². The van der Waals surface area contributed by atoms with Crippen molar-refractivity contribution in [3.05, 3.63) is 60.7 Å². The normalized spacial score (nSPS) is 13.5. The van der Waals surface area contributed by atoms with E-state index in [9.17, 15) is 8.42 Å². The Bertz CT molecular complexity index is 507. The van der Waals surface area contributed by atoms with Crippen LogP contribution in [0.5, 0.6) is 11.5 Å². The maximum atomic E-state index is 11.4. The SMILES string of the molecule is O=S(Oc1ccccc1)OS(=O)Oc1ccccc1. The second-order valence-corrected chi connectivity index (χ2v) is 4.96. The molecule has 2 aromatic carbocycles. The highest BCUT2D eigenvalue weighted by Gasteiger charge is 2.11. The van der Waals surface area contributed by atoms with E-state index in [1.165, 1.54) is 0 Å². The van der Waals surface area contributed by atoms with E-state index in [1.807, 2.05) is 0 Å². The van der Waals surface area contributed by atoms with Crippen LogP contribution in [0.1, 0.15) is 0 Å². The Kier molecular flexibility index (Phi) is 5.08. The first-order valence-electron chi connectivity index (χ1n) is 5.23. The number of hydrogen-bond donors (Lipinski definition) is 0.